The third kappa shape index (κ3) is 4.97. The molecule has 0 aliphatic carbocycles. The van der Waals surface area contributed by atoms with Crippen molar-refractivity contribution in [3.8, 4) is 0 Å². The zero-order valence-electron chi connectivity index (χ0n) is 13.1. The van der Waals surface area contributed by atoms with Crippen molar-refractivity contribution in [3.63, 3.8) is 0 Å². The van der Waals surface area contributed by atoms with E-state index in [9.17, 15) is 4.79 Å². The lowest BCUT2D eigenvalue weighted by molar-refractivity contribution is -0.176. The van der Waals surface area contributed by atoms with Gasteiger partial charge in [-0.05, 0) is 18.8 Å². The lowest BCUT2D eigenvalue weighted by Gasteiger charge is -2.45. The molecule has 0 bridgehead atoms. The second-order valence-electron chi connectivity index (χ2n) is 7.12. The molecule has 0 amide bonds. The number of esters is 1. The maximum absolute atomic E-state index is 11.7. The maximum atomic E-state index is 11.7. The smallest absolute Gasteiger partial charge is 0.308 e. The van der Waals surface area contributed by atoms with Gasteiger partial charge >= 0.3 is 5.97 Å². The summed E-state index contributed by atoms with van der Waals surface area (Å²) in [6.07, 6.45) is 1.92. The van der Waals surface area contributed by atoms with Crippen molar-refractivity contribution in [1.82, 2.24) is 0 Å². The number of carbonyl (C=O) groups is 1. The van der Waals surface area contributed by atoms with Crippen LogP contribution in [-0.4, -0.2) is 23.3 Å². The Morgan fingerprint density at radius 2 is 1.61 bits per heavy atom. The van der Waals surface area contributed by atoms with Crippen LogP contribution in [0.3, 0.4) is 0 Å². The first-order valence-corrected chi connectivity index (χ1v) is 6.80. The van der Waals surface area contributed by atoms with Crippen LogP contribution in [-0.2, 0) is 9.53 Å². The zero-order valence-corrected chi connectivity index (χ0v) is 13.1. The average molecular weight is 258 g/mol. The lowest BCUT2D eigenvalue weighted by atomic mass is 9.68. The second-order valence-corrected chi connectivity index (χ2v) is 7.12. The molecule has 3 nitrogen and oxygen atoms in total. The van der Waals surface area contributed by atoms with Crippen LogP contribution in [0.1, 0.15) is 67.7 Å². The van der Waals surface area contributed by atoms with E-state index in [2.05, 4.69) is 41.5 Å². The highest BCUT2D eigenvalue weighted by atomic mass is 16.6. The predicted molar refractivity (Wildman–Crippen MR) is 74.3 cm³/mol. The minimum atomic E-state index is -0.515. The molecule has 0 aliphatic rings. The molecule has 1 unspecified atom stereocenters. The van der Waals surface area contributed by atoms with E-state index >= 15 is 0 Å². The quantitative estimate of drug-likeness (QED) is 0.741. The minimum Gasteiger partial charge on any atom is -0.459 e. The molecule has 0 fully saturated rings. The Labute approximate surface area is 112 Å². The summed E-state index contributed by atoms with van der Waals surface area (Å²) in [5, 5.41) is 8.81. The number of hydrogen-bond donors (Lipinski definition) is 1. The molecule has 0 saturated carbocycles. The molecule has 108 valence electrons. The fourth-order valence-electron chi connectivity index (χ4n) is 1.89. The van der Waals surface area contributed by atoms with Gasteiger partial charge in [-0.2, -0.15) is 0 Å². The molecule has 0 heterocycles. The number of aliphatic hydroxyl groups excluding tert-OH is 1. The van der Waals surface area contributed by atoms with Crippen LogP contribution in [0.5, 0.6) is 0 Å². The number of aliphatic hydroxyl groups is 1. The second kappa shape index (κ2) is 6.05. The van der Waals surface area contributed by atoms with Gasteiger partial charge in [-0.25, -0.2) is 0 Å². The molecule has 0 aromatic carbocycles. The maximum Gasteiger partial charge on any atom is 0.308 e. The highest BCUT2D eigenvalue weighted by Gasteiger charge is 2.44. The van der Waals surface area contributed by atoms with Crippen LogP contribution in [0.2, 0.25) is 0 Å². The van der Waals surface area contributed by atoms with Crippen molar-refractivity contribution in [1.29, 1.82) is 0 Å². The molecule has 18 heavy (non-hydrogen) atoms. The Bertz CT molecular complexity index is 276. The van der Waals surface area contributed by atoms with Crippen molar-refractivity contribution in [2.45, 2.75) is 73.3 Å². The van der Waals surface area contributed by atoms with Gasteiger partial charge in [0, 0.05) is 5.41 Å². The van der Waals surface area contributed by atoms with Crippen molar-refractivity contribution < 1.29 is 14.6 Å². The number of rotatable bonds is 6. The Morgan fingerprint density at radius 3 is 1.94 bits per heavy atom. The van der Waals surface area contributed by atoms with Gasteiger partial charge in [0.15, 0.2) is 0 Å². The standard InChI is InChI=1S/C15H30O3/c1-8-14(5,6)11-15(7,13(2,3)4)18-12(17)9-10-16/h16H,8-11H2,1-7H3. The van der Waals surface area contributed by atoms with Gasteiger partial charge in [0.25, 0.3) is 0 Å². The van der Waals surface area contributed by atoms with Crippen LogP contribution >= 0.6 is 0 Å². The van der Waals surface area contributed by atoms with Gasteiger partial charge in [-0.1, -0.05) is 48.0 Å². The summed E-state index contributed by atoms with van der Waals surface area (Å²) in [7, 11) is 0. The first-order chi connectivity index (χ1) is 7.97. The average Bonchev–Trinajstić information content (AvgIpc) is 2.15. The van der Waals surface area contributed by atoms with Crippen LogP contribution in [0.4, 0.5) is 0 Å². The van der Waals surface area contributed by atoms with Gasteiger partial charge in [0.1, 0.15) is 5.60 Å². The van der Waals surface area contributed by atoms with E-state index in [1.807, 2.05) is 6.92 Å². The summed E-state index contributed by atoms with van der Waals surface area (Å²) in [5.41, 5.74) is -0.523. The Morgan fingerprint density at radius 1 is 1.11 bits per heavy atom. The summed E-state index contributed by atoms with van der Waals surface area (Å²) in [6, 6.07) is 0. The van der Waals surface area contributed by atoms with Gasteiger partial charge in [0.2, 0.25) is 0 Å². The Balaban J connectivity index is 5.03. The lowest BCUT2D eigenvalue weighted by Crippen LogP contribution is -2.47. The molecule has 0 spiro atoms. The molecule has 1 atom stereocenters. The topological polar surface area (TPSA) is 46.5 Å². The first-order valence-electron chi connectivity index (χ1n) is 6.80. The van der Waals surface area contributed by atoms with Crippen LogP contribution in [0.15, 0.2) is 0 Å². The predicted octanol–water partition coefficient (Wildman–Crippen LogP) is 3.54. The van der Waals surface area contributed by atoms with E-state index < -0.39 is 5.60 Å². The summed E-state index contributed by atoms with van der Waals surface area (Å²) < 4.78 is 5.68. The molecule has 1 N–H and O–H groups in total. The highest BCUT2D eigenvalue weighted by molar-refractivity contribution is 5.70. The Kier molecular flexibility index (Phi) is 5.86. The van der Waals surface area contributed by atoms with Crippen molar-refractivity contribution >= 4 is 5.97 Å². The molecule has 0 rings (SSSR count). The van der Waals surface area contributed by atoms with E-state index in [1.165, 1.54) is 0 Å². The van der Waals surface area contributed by atoms with Crippen LogP contribution < -0.4 is 0 Å². The monoisotopic (exact) mass is 258 g/mol. The fraction of sp³-hybridized carbons (Fsp3) is 0.933. The van der Waals surface area contributed by atoms with E-state index in [0.29, 0.717) is 0 Å². The fourth-order valence-corrected chi connectivity index (χ4v) is 1.89. The SMILES string of the molecule is CCC(C)(C)CC(C)(OC(=O)CCO)C(C)(C)C. The Hall–Kier alpha value is -0.570. The molecular formula is C15H30O3. The molecule has 0 aromatic rings. The third-order valence-electron chi connectivity index (χ3n) is 4.01. The number of ether oxygens (including phenoxy) is 1. The van der Waals surface area contributed by atoms with Crippen LogP contribution in [0, 0.1) is 10.8 Å². The number of hydrogen-bond acceptors (Lipinski definition) is 3. The van der Waals surface area contributed by atoms with E-state index in [4.69, 9.17) is 9.84 Å². The molecule has 0 radical (unpaired) electrons. The summed E-state index contributed by atoms with van der Waals surface area (Å²) in [6.45, 7) is 14.6. The minimum absolute atomic E-state index is 0.0677. The normalized spacial score (nSPS) is 16.2. The van der Waals surface area contributed by atoms with E-state index in [1.54, 1.807) is 0 Å². The van der Waals surface area contributed by atoms with Gasteiger partial charge in [0.05, 0.1) is 13.0 Å². The number of carbonyl (C=O) groups excluding carboxylic acids is 1. The highest BCUT2D eigenvalue weighted by Crippen LogP contribution is 2.43. The molecule has 3 heteroatoms. The third-order valence-corrected chi connectivity index (χ3v) is 4.01. The molecule has 0 aliphatic heterocycles. The van der Waals surface area contributed by atoms with Crippen molar-refractivity contribution in [3.05, 3.63) is 0 Å². The summed E-state index contributed by atoms with van der Waals surface area (Å²) in [4.78, 5) is 11.7. The summed E-state index contributed by atoms with van der Waals surface area (Å²) >= 11 is 0. The van der Waals surface area contributed by atoms with E-state index in [0.717, 1.165) is 12.8 Å². The van der Waals surface area contributed by atoms with Crippen molar-refractivity contribution in [2.24, 2.45) is 10.8 Å². The van der Waals surface area contributed by atoms with Gasteiger partial charge < -0.3 is 9.84 Å². The van der Waals surface area contributed by atoms with Crippen LogP contribution in [0.25, 0.3) is 0 Å². The zero-order chi connectivity index (χ0) is 14.6. The van der Waals surface area contributed by atoms with Gasteiger partial charge in [-0.15, -0.1) is 0 Å². The van der Waals surface area contributed by atoms with Crippen molar-refractivity contribution in [2.75, 3.05) is 6.61 Å². The van der Waals surface area contributed by atoms with E-state index in [-0.39, 0.29) is 29.8 Å². The largest absolute Gasteiger partial charge is 0.459 e. The molecular weight excluding hydrogens is 228 g/mol. The summed E-state index contributed by atoms with van der Waals surface area (Å²) in [5.74, 6) is -0.318. The molecule has 0 saturated heterocycles. The van der Waals surface area contributed by atoms with Gasteiger partial charge in [-0.3, -0.25) is 4.79 Å². The molecule has 0 aromatic heterocycles. The first kappa shape index (κ1) is 17.4.